The molecule has 3 N–H and O–H groups in total. The van der Waals surface area contributed by atoms with Gasteiger partial charge in [-0.3, -0.25) is 9.59 Å². The van der Waals surface area contributed by atoms with Crippen molar-refractivity contribution in [2.24, 2.45) is 5.73 Å². The summed E-state index contributed by atoms with van der Waals surface area (Å²) in [7, 11) is 0. The number of amides is 2. The number of hydrogen-bond acceptors (Lipinski definition) is 2. The summed E-state index contributed by atoms with van der Waals surface area (Å²) in [5, 5.41) is 2.35. The number of carbonyl (C=O) groups is 2. The minimum Gasteiger partial charge on any atom is -0.368 e. The van der Waals surface area contributed by atoms with E-state index >= 15 is 0 Å². The van der Waals surface area contributed by atoms with Crippen molar-refractivity contribution in [1.82, 2.24) is 5.32 Å². The third-order valence-electron chi connectivity index (χ3n) is 3.18. The molecule has 7 heteroatoms. The van der Waals surface area contributed by atoms with E-state index in [0.29, 0.717) is 5.56 Å². The van der Waals surface area contributed by atoms with Gasteiger partial charge in [-0.05, 0) is 35.9 Å². The summed E-state index contributed by atoms with van der Waals surface area (Å²) in [5.41, 5.74) is 5.67. The van der Waals surface area contributed by atoms with Crippen LogP contribution in [0.4, 0.5) is 13.2 Å². The molecule has 2 rings (SSSR count). The maximum atomic E-state index is 13.1. The van der Waals surface area contributed by atoms with Crippen molar-refractivity contribution in [3.05, 3.63) is 71.0 Å². The van der Waals surface area contributed by atoms with Crippen LogP contribution in [0.5, 0.6) is 0 Å². The van der Waals surface area contributed by atoms with Crippen molar-refractivity contribution in [3.63, 3.8) is 0 Å². The number of nitrogens with one attached hydrogen (secondary N) is 1. The Bertz CT molecular complexity index is 733. The van der Waals surface area contributed by atoms with Gasteiger partial charge in [-0.25, -0.2) is 13.2 Å². The molecule has 4 nitrogen and oxygen atoms in total. The number of nitrogens with two attached hydrogens (primary N) is 1. The Morgan fingerprint density at radius 3 is 2.22 bits per heavy atom. The first kappa shape index (κ1) is 16.5. The van der Waals surface area contributed by atoms with Gasteiger partial charge in [0, 0.05) is 12.0 Å². The molecule has 0 saturated heterocycles. The summed E-state index contributed by atoms with van der Waals surface area (Å²) >= 11 is 0. The fraction of sp³-hybridized carbons (Fsp3) is 0.125. The zero-order chi connectivity index (χ0) is 17.0. The molecular formula is C16H13F3N2O2. The Morgan fingerprint density at radius 2 is 1.65 bits per heavy atom. The van der Waals surface area contributed by atoms with Crippen LogP contribution in [-0.2, 0) is 11.2 Å². The van der Waals surface area contributed by atoms with Crippen molar-refractivity contribution in [2.75, 3.05) is 0 Å². The quantitative estimate of drug-likeness (QED) is 0.883. The van der Waals surface area contributed by atoms with E-state index in [1.165, 1.54) is 24.3 Å². The number of benzene rings is 2. The Labute approximate surface area is 130 Å². The van der Waals surface area contributed by atoms with E-state index in [1.54, 1.807) is 0 Å². The first-order valence-corrected chi connectivity index (χ1v) is 6.66. The fourth-order valence-electron chi connectivity index (χ4n) is 1.96. The molecule has 0 fully saturated rings. The first-order chi connectivity index (χ1) is 10.9. The number of carbonyl (C=O) groups excluding carboxylic acids is 2. The molecule has 0 spiro atoms. The van der Waals surface area contributed by atoms with Gasteiger partial charge in [-0.1, -0.05) is 12.1 Å². The van der Waals surface area contributed by atoms with E-state index < -0.39 is 35.3 Å². The molecule has 120 valence electrons. The van der Waals surface area contributed by atoms with Gasteiger partial charge in [0.1, 0.15) is 11.9 Å². The molecule has 0 aliphatic carbocycles. The standard InChI is InChI=1S/C16H13F3N2O2/c17-11-4-1-9(2-5-11)7-14(15(20)22)21-16(23)10-3-6-12(18)13(19)8-10/h1-6,8,14H,7H2,(H2,20,22)(H,21,23)/t14-/m1/s1. The lowest BCUT2D eigenvalue weighted by Gasteiger charge is -2.15. The lowest BCUT2D eigenvalue weighted by atomic mass is 10.0. The van der Waals surface area contributed by atoms with Gasteiger partial charge >= 0.3 is 0 Å². The SMILES string of the molecule is NC(=O)[C@@H](Cc1ccc(F)cc1)NC(=O)c1ccc(F)c(F)c1. The van der Waals surface area contributed by atoms with Gasteiger partial charge in [0.25, 0.3) is 5.91 Å². The smallest absolute Gasteiger partial charge is 0.252 e. The minimum absolute atomic E-state index is 0.0467. The predicted octanol–water partition coefficient (Wildman–Crippen LogP) is 1.93. The van der Waals surface area contributed by atoms with Crippen LogP contribution >= 0.6 is 0 Å². The van der Waals surface area contributed by atoms with Crippen LogP contribution in [0.25, 0.3) is 0 Å². The number of rotatable bonds is 5. The average Bonchev–Trinajstić information content (AvgIpc) is 2.51. The molecule has 2 aromatic rings. The molecule has 2 aromatic carbocycles. The van der Waals surface area contributed by atoms with Crippen molar-refractivity contribution < 1.29 is 22.8 Å². The van der Waals surface area contributed by atoms with Gasteiger partial charge in [0.2, 0.25) is 5.91 Å². The zero-order valence-corrected chi connectivity index (χ0v) is 11.9. The van der Waals surface area contributed by atoms with E-state index in [4.69, 9.17) is 5.73 Å². The predicted molar refractivity (Wildman–Crippen MR) is 76.9 cm³/mol. The third-order valence-corrected chi connectivity index (χ3v) is 3.18. The van der Waals surface area contributed by atoms with Crippen molar-refractivity contribution >= 4 is 11.8 Å². The van der Waals surface area contributed by atoms with Gasteiger partial charge in [-0.15, -0.1) is 0 Å². The summed E-state index contributed by atoms with van der Waals surface area (Å²) in [6.07, 6.45) is 0.0467. The molecule has 0 bridgehead atoms. The Balaban J connectivity index is 2.12. The van der Waals surface area contributed by atoms with E-state index in [-0.39, 0.29) is 12.0 Å². The average molecular weight is 322 g/mol. The fourth-order valence-corrected chi connectivity index (χ4v) is 1.96. The molecule has 23 heavy (non-hydrogen) atoms. The molecule has 0 aromatic heterocycles. The second kappa shape index (κ2) is 6.95. The lowest BCUT2D eigenvalue weighted by molar-refractivity contribution is -0.119. The van der Waals surface area contributed by atoms with Crippen molar-refractivity contribution in [1.29, 1.82) is 0 Å². The van der Waals surface area contributed by atoms with Crippen molar-refractivity contribution in [3.8, 4) is 0 Å². The highest BCUT2D eigenvalue weighted by Gasteiger charge is 2.20. The molecule has 0 aliphatic rings. The van der Waals surface area contributed by atoms with Crippen LogP contribution in [0.2, 0.25) is 0 Å². The molecule has 0 heterocycles. The normalized spacial score (nSPS) is 11.8. The zero-order valence-electron chi connectivity index (χ0n) is 11.9. The molecule has 0 unspecified atom stereocenters. The molecule has 0 saturated carbocycles. The monoisotopic (exact) mass is 322 g/mol. The second-order valence-corrected chi connectivity index (χ2v) is 4.89. The highest BCUT2D eigenvalue weighted by molar-refractivity contribution is 5.97. The highest BCUT2D eigenvalue weighted by Crippen LogP contribution is 2.10. The summed E-state index contributed by atoms with van der Waals surface area (Å²) in [4.78, 5) is 23.5. The van der Waals surface area contributed by atoms with E-state index in [1.807, 2.05) is 0 Å². The second-order valence-electron chi connectivity index (χ2n) is 4.89. The molecule has 1 atom stereocenters. The summed E-state index contributed by atoms with van der Waals surface area (Å²) in [6, 6.07) is 6.88. The third kappa shape index (κ3) is 4.32. The van der Waals surface area contributed by atoms with Crippen LogP contribution in [0.3, 0.4) is 0 Å². The number of primary amides is 1. The Morgan fingerprint density at radius 1 is 1.00 bits per heavy atom. The first-order valence-electron chi connectivity index (χ1n) is 6.66. The van der Waals surface area contributed by atoms with Crippen LogP contribution in [0.15, 0.2) is 42.5 Å². The van der Waals surface area contributed by atoms with Crippen LogP contribution in [0, 0.1) is 17.5 Å². The van der Waals surface area contributed by atoms with Crippen LogP contribution < -0.4 is 11.1 Å². The summed E-state index contributed by atoms with van der Waals surface area (Å²) < 4.78 is 38.9. The maximum absolute atomic E-state index is 13.1. The van der Waals surface area contributed by atoms with Crippen LogP contribution in [0.1, 0.15) is 15.9 Å². The minimum atomic E-state index is -1.17. The van der Waals surface area contributed by atoms with Crippen molar-refractivity contribution in [2.45, 2.75) is 12.5 Å². The largest absolute Gasteiger partial charge is 0.368 e. The van der Waals surface area contributed by atoms with Gasteiger partial charge in [0.15, 0.2) is 11.6 Å². The number of hydrogen-bond donors (Lipinski definition) is 2. The molecule has 2 amide bonds. The van der Waals surface area contributed by atoms with E-state index in [9.17, 15) is 22.8 Å². The topological polar surface area (TPSA) is 72.2 Å². The van der Waals surface area contributed by atoms with Crippen LogP contribution in [-0.4, -0.2) is 17.9 Å². The number of halogens is 3. The summed E-state index contributed by atoms with van der Waals surface area (Å²) in [6.45, 7) is 0. The van der Waals surface area contributed by atoms with E-state index in [2.05, 4.69) is 5.32 Å². The maximum Gasteiger partial charge on any atom is 0.252 e. The summed E-state index contributed by atoms with van der Waals surface area (Å²) in [5.74, 6) is -4.26. The highest BCUT2D eigenvalue weighted by atomic mass is 19.2. The van der Waals surface area contributed by atoms with Gasteiger partial charge in [0.05, 0.1) is 0 Å². The van der Waals surface area contributed by atoms with Gasteiger partial charge < -0.3 is 11.1 Å². The molecule has 0 radical (unpaired) electrons. The Kier molecular flexibility index (Phi) is 5.00. The van der Waals surface area contributed by atoms with E-state index in [0.717, 1.165) is 18.2 Å². The lowest BCUT2D eigenvalue weighted by Crippen LogP contribution is -2.45. The molecular weight excluding hydrogens is 309 g/mol. The molecule has 0 aliphatic heterocycles. The van der Waals surface area contributed by atoms with Gasteiger partial charge in [-0.2, -0.15) is 0 Å². The Hall–Kier alpha value is -2.83.